The van der Waals surface area contributed by atoms with E-state index < -0.39 is 0 Å². The Kier molecular flexibility index (Phi) is 6.33. The highest BCUT2D eigenvalue weighted by atomic mass is 79.9. The molecule has 4 nitrogen and oxygen atoms in total. The highest BCUT2D eigenvalue weighted by molar-refractivity contribution is 9.10. The molecule has 4 rings (SSSR count). The van der Waals surface area contributed by atoms with Gasteiger partial charge in [-0.1, -0.05) is 76.1 Å². The summed E-state index contributed by atoms with van der Waals surface area (Å²) in [6.45, 7) is 4.98. The topological polar surface area (TPSA) is 46.4 Å². The first kappa shape index (κ1) is 21.1. The molecule has 0 aliphatic rings. The molecule has 0 bridgehead atoms. The van der Waals surface area contributed by atoms with Crippen LogP contribution in [0.3, 0.4) is 0 Å². The summed E-state index contributed by atoms with van der Waals surface area (Å²) in [5, 5.41) is 5.37. The average molecular weight is 474 g/mol. The van der Waals surface area contributed by atoms with Gasteiger partial charge in [0.25, 0.3) is 0 Å². The Morgan fingerprint density at radius 3 is 2.39 bits per heavy atom. The Bertz CT molecular complexity index is 1240. The van der Waals surface area contributed by atoms with E-state index in [1.54, 1.807) is 6.21 Å². The molecular formula is C26H24BrN3O. The monoisotopic (exact) mass is 473 g/mol. The third-order valence-corrected chi connectivity index (χ3v) is 5.93. The molecule has 1 amide bonds. The van der Waals surface area contributed by atoms with Crippen LogP contribution >= 0.6 is 15.9 Å². The number of nitrogens with zero attached hydrogens (tertiary/aromatic N) is 2. The molecule has 3 aromatic carbocycles. The van der Waals surface area contributed by atoms with Crippen LogP contribution in [0.25, 0.3) is 10.9 Å². The van der Waals surface area contributed by atoms with Crippen LogP contribution in [0.2, 0.25) is 0 Å². The summed E-state index contributed by atoms with van der Waals surface area (Å²) in [4.78, 5) is 12.3. The van der Waals surface area contributed by atoms with Gasteiger partial charge in [-0.3, -0.25) is 4.79 Å². The van der Waals surface area contributed by atoms with Crippen LogP contribution in [0.15, 0.2) is 82.4 Å². The molecule has 5 heteroatoms. The van der Waals surface area contributed by atoms with Crippen LogP contribution in [0, 0.1) is 13.8 Å². The molecule has 0 aliphatic carbocycles. The van der Waals surface area contributed by atoms with Crippen molar-refractivity contribution in [1.82, 2.24) is 9.99 Å². The number of fused-ring (bicyclic) bond motifs is 1. The molecule has 0 spiro atoms. The van der Waals surface area contributed by atoms with Crippen molar-refractivity contribution < 1.29 is 4.79 Å². The fourth-order valence-electron chi connectivity index (χ4n) is 3.70. The third kappa shape index (κ3) is 4.94. The molecule has 0 fully saturated rings. The Labute approximate surface area is 190 Å². The van der Waals surface area contributed by atoms with E-state index in [1.165, 1.54) is 11.1 Å². The molecule has 1 aromatic heterocycles. The molecule has 0 saturated heterocycles. The minimum Gasteiger partial charge on any atom is -0.340 e. The van der Waals surface area contributed by atoms with Crippen molar-refractivity contribution in [2.24, 2.45) is 5.10 Å². The highest BCUT2D eigenvalue weighted by Crippen LogP contribution is 2.25. The maximum absolute atomic E-state index is 12.3. The highest BCUT2D eigenvalue weighted by Gasteiger charge is 2.13. The van der Waals surface area contributed by atoms with E-state index >= 15 is 0 Å². The lowest BCUT2D eigenvalue weighted by Gasteiger charge is -2.09. The van der Waals surface area contributed by atoms with E-state index in [2.05, 4.69) is 81.3 Å². The maximum Gasteiger partial charge on any atom is 0.244 e. The smallest absolute Gasteiger partial charge is 0.244 e. The number of hydrazone groups is 1. The normalized spacial score (nSPS) is 11.3. The second kappa shape index (κ2) is 9.31. The summed E-state index contributed by atoms with van der Waals surface area (Å²) in [5.74, 6) is -0.139. The van der Waals surface area contributed by atoms with Gasteiger partial charge in [0, 0.05) is 33.2 Å². The van der Waals surface area contributed by atoms with Gasteiger partial charge in [-0.25, -0.2) is 5.43 Å². The SMILES string of the molecule is Cc1ccc(Cn2c(C)c(/C=N\NC(=O)Cc3ccc(Br)cc3)c3ccccc32)cc1. The number of hydrogen-bond acceptors (Lipinski definition) is 2. The summed E-state index contributed by atoms with van der Waals surface area (Å²) in [7, 11) is 0. The van der Waals surface area contributed by atoms with E-state index in [-0.39, 0.29) is 5.91 Å². The van der Waals surface area contributed by atoms with Gasteiger partial charge in [0.05, 0.1) is 12.6 Å². The first-order valence-corrected chi connectivity index (χ1v) is 11.0. The molecule has 4 aromatic rings. The number of rotatable bonds is 6. The predicted molar refractivity (Wildman–Crippen MR) is 131 cm³/mol. The number of benzene rings is 3. The van der Waals surface area contributed by atoms with E-state index in [1.807, 2.05) is 36.4 Å². The average Bonchev–Trinajstić information content (AvgIpc) is 3.03. The molecule has 0 saturated carbocycles. The summed E-state index contributed by atoms with van der Waals surface area (Å²) in [6.07, 6.45) is 2.04. The van der Waals surface area contributed by atoms with Crippen LogP contribution in [-0.2, 0) is 17.8 Å². The number of para-hydroxylation sites is 1. The molecule has 1 heterocycles. The Balaban J connectivity index is 1.54. The first-order chi connectivity index (χ1) is 15.0. The van der Waals surface area contributed by atoms with Crippen molar-refractivity contribution in [1.29, 1.82) is 0 Å². The number of aryl methyl sites for hydroxylation is 1. The van der Waals surface area contributed by atoms with Gasteiger partial charge < -0.3 is 4.57 Å². The lowest BCUT2D eigenvalue weighted by molar-refractivity contribution is -0.120. The van der Waals surface area contributed by atoms with Crippen molar-refractivity contribution in [3.63, 3.8) is 0 Å². The van der Waals surface area contributed by atoms with Gasteiger partial charge in [0.15, 0.2) is 0 Å². The maximum atomic E-state index is 12.3. The van der Waals surface area contributed by atoms with E-state index in [9.17, 15) is 4.79 Å². The zero-order chi connectivity index (χ0) is 21.8. The number of nitrogens with one attached hydrogen (secondary N) is 1. The molecule has 1 N–H and O–H groups in total. The van der Waals surface area contributed by atoms with Crippen LogP contribution in [0.5, 0.6) is 0 Å². The molecule has 31 heavy (non-hydrogen) atoms. The van der Waals surface area contributed by atoms with E-state index in [0.29, 0.717) is 6.42 Å². The number of aromatic nitrogens is 1. The molecule has 0 radical (unpaired) electrons. The van der Waals surface area contributed by atoms with Crippen molar-refractivity contribution in [2.45, 2.75) is 26.8 Å². The number of hydrogen-bond donors (Lipinski definition) is 1. The van der Waals surface area contributed by atoms with Crippen molar-refractivity contribution >= 4 is 39.0 Å². The van der Waals surface area contributed by atoms with Crippen LogP contribution in [-0.4, -0.2) is 16.7 Å². The quantitative estimate of drug-likeness (QED) is 0.280. The number of carbonyl (C=O) groups excluding carboxylic acids is 1. The standard InChI is InChI=1S/C26H24BrN3O/c1-18-7-9-21(10-8-18)17-30-19(2)24(23-5-3-4-6-25(23)30)16-28-29-26(31)15-20-11-13-22(27)14-12-20/h3-14,16H,15,17H2,1-2H3,(H,29,31)/b28-16-. The van der Waals surface area contributed by atoms with E-state index in [4.69, 9.17) is 0 Å². The van der Waals surface area contributed by atoms with Gasteiger partial charge in [-0.15, -0.1) is 0 Å². The first-order valence-electron chi connectivity index (χ1n) is 10.2. The van der Waals surface area contributed by atoms with Gasteiger partial charge in [-0.2, -0.15) is 5.10 Å². The second-order valence-corrected chi connectivity index (χ2v) is 8.60. The zero-order valence-corrected chi connectivity index (χ0v) is 19.2. The summed E-state index contributed by atoms with van der Waals surface area (Å²) in [5.41, 5.74) is 9.41. The summed E-state index contributed by atoms with van der Waals surface area (Å²) < 4.78 is 3.29. The predicted octanol–water partition coefficient (Wildman–Crippen LogP) is 5.76. The fourth-order valence-corrected chi connectivity index (χ4v) is 3.96. The van der Waals surface area contributed by atoms with Crippen LogP contribution in [0.4, 0.5) is 0 Å². The third-order valence-electron chi connectivity index (χ3n) is 5.40. The van der Waals surface area contributed by atoms with Gasteiger partial charge in [0.2, 0.25) is 5.91 Å². The van der Waals surface area contributed by atoms with Gasteiger partial charge in [0.1, 0.15) is 0 Å². The van der Waals surface area contributed by atoms with Crippen molar-refractivity contribution in [3.05, 3.63) is 105 Å². The Hall–Kier alpha value is -3.18. The largest absolute Gasteiger partial charge is 0.340 e. The van der Waals surface area contributed by atoms with Crippen LogP contribution < -0.4 is 5.43 Å². The minimum atomic E-state index is -0.139. The van der Waals surface area contributed by atoms with Gasteiger partial charge >= 0.3 is 0 Å². The van der Waals surface area contributed by atoms with Gasteiger partial charge in [-0.05, 0) is 43.2 Å². The minimum absolute atomic E-state index is 0.139. The Morgan fingerprint density at radius 1 is 0.968 bits per heavy atom. The zero-order valence-electron chi connectivity index (χ0n) is 17.6. The van der Waals surface area contributed by atoms with E-state index in [0.717, 1.165) is 38.7 Å². The summed E-state index contributed by atoms with van der Waals surface area (Å²) in [6, 6.07) is 24.6. The number of amides is 1. The van der Waals surface area contributed by atoms with Crippen molar-refractivity contribution in [3.8, 4) is 0 Å². The lowest BCUT2D eigenvalue weighted by Crippen LogP contribution is -2.19. The molecule has 156 valence electrons. The molecule has 0 unspecified atom stereocenters. The molecule has 0 aliphatic heterocycles. The molecule has 0 atom stereocenters. The second-order valence-electron chi connectivity index (χ2n) is 7.68. The number of halogens is 1. The Morgan fingerprint density at radius 2 is 1.65 bits per heavy atom. The van der Waals surface area contributed by atoms with Crippen LogP contribution in [0.1, 0.15) is 27.9 Å². The molecular weight excluding hydrogens is 450 g/mol. The van der Waals surface area contributed by atoms with Crippen molar-refractivity contribution in [2.75, 3.05) is 0 Å². The number of carbonyl (C=O) groups is 1. The fraction of sp³-hybridized carbons (Fsp3) is 0.154. The lowest BCUT2D eigenvalue weighted by atomic mass is 10.1. The summed E-state index contributed by atoms with van der Waals surface area (Å²) >= 11 is 3.41.